The van der Waals surface area contributed by atoms with Crippen molar-refractivity contribution in [1.29, 1.82) is 0 Å². The second kappa shape index (κ2) is 3.85. The first-order valence-corrected chi connectivity index (χ1v) is 4.97. The van der Waals surface area contributed by atoms with Gasteiger partial charge >= 0.3 is 0 Å². The first kappa shape index (κ1) is 10.5. The normalized spacial score (nSPS) is 25.9. The van der Waals surface area contributed by atoms with Crippen LogP contribution in [0.5, 0.6) is 0 Å². The van der Waals surface area contributed by atoms with Crippen molar-refractivity contribution in [2.45, 2.75) is 25.3 Å². The van der Waals surface area contributed by atoms with E-state index >= 15 is 0 Å². The highest BCUT2D eigenvalue weighted by Crippen LogP contribution is 2.30. The van der Waals surface area contributed by atoms with Crippen molar-refractivity contribution < 1.29 is 13.2 Å². The van der Waals surface area contributed by atoms with Crippen molar-refractivity contribution in [3.05, 3.63) is 35.1 Å². The quantitative estimate of drug-likeness (QED) is 0.710. The van der Waals surface area contributed by atoms with E-state index in [2.05, 4.69) is 5.32 Å². The van der Waals surface area contributed by atoms with Crippen LogP contribution in [-0.4, -0.2) is 12.6 Å². The summed E-state index contributed by atoms with van der Waals surface area (Å²) in [5, 5.41) is 3.15. The predicted molar refractivity (Wildman–Crippen MR) is 51.1 cm³/mol. The molecule has 0 bridgehead atoms. The lowest BCUT2D eigenvalue weighted by Crippen LogP contribution is -2.22. The minimum Gasteiger partial charge on any atom is -0.314 e. The lowest BCUT2D eigenvalue weighted by molar-refractivity contribution is 0.478. The maximum absolute atomic E-state index is 13.4. The molecule has 2 atom stereocenters. The van der Waals surface area contributed by atoms with E-state index in [0.29, 0.717) is 6.07 Å². The summed E-state index contributed by atoms with van der Waals surface area (Å²) in [6.07, 6.45) is 0.753. The summed E-state index contributed by atoms with van der Waals surface area (Å²) < 4.78 is 39.1. The number of benzene rings is 1. The van der Waals surface area contributed by atoms with Gasteiger partial charge < -0.3 is 5.32 Å². The molecule has 0 aromatic heterocycles. The van der Waals surface area contributed by atoms with Crippen LogP contribution in [0, 0.1) is 17.5 Å². The molecule has 2 rings (SSSR count). The number of hydrogen-bond donors (Lipinski definition) is 1. The van der Waals surface area contributed by atoms with E-state index in [4.69, 9.17) is 0 Å². The smallest absolute Gasteiger partial charge is 0.161 e. The summed E-state index contributed by atoms with van der Waals surface area (Å²) in [6, 6.07) is 1.69. The molecule has 0 amide bonds. The SMILES string of the molecule is CC1NCCC1c1cc(F)c(F)cc1F. The number of rotatable bonds is 1. The Morgan fingerprint density at radius 3 is 2.40 bits per heavy atom. The number of hydrogen-bond acceptors (Lipinski definition) is 1. The van der Waals surface area contributed by atoms with Gasteiger partial charge in [0.1, 0.15) is 5.82 Å². The standard InChI is InChI=1S/C11H12F3N/c1-6-7(2-3-15-6)8-4-10(13)11(14)5-9(8)12/h4-7,15H,2-3H2,1H3. The lowest BCUT2D eigenvalue weighted by Gasteiger charge is -2.16. The summed E-state index contributed by atoms with van der Waals surface area (Å²) in [7, 11) is 0. The fraction of sp³-hybridized carbons (Fsp3) is 0.455. The third-order valence-corrected chi connectivity index (χ3v) is 2.96. The topological polar surface area (TPSA) is 12.0 Å². The molecular formula is C11H12F3N. The van der Waals surface area contributed by atoms with Gasteiger partial charge in [-0.15, -0.1) is 0 Å². The highest BCUT2D eigenvalue weighted by molar-refractivity contribution is 5.26. The van der Waals surface area contributed by atoms with Crippen LogP contribution in [0.3, 0.4) is 0 Å². The van der Waals surface area contributed by atoms with Crippen molar-refractivity contribution in [1.82, 2.24) is 5.32 Å². The van der Waals surface area contributed by atoms with Gasteiger partial charge in [-0.1, -0.05) is 0 Å². The monoisotopic (exact) mass is 215 g/mol. The fourth-order valence-corrected chi connectivity index (χ4v) is 2.11. The molecule has 1 aromatic carbocycles. The van der Waals surface area contributed by atoms with Crippen LogP contribution in [0.15, 0.2) is 12.1 Å². The maximum atomic E-state index is 13.4. The molecule has 1 heterocycles. The van der Waals surface area contributed by atoms with Gasteiger partial charge in [-0.05, 0) is 31.5 Å². The van der Waals surface area contributed by atoms with Crippen LogP contribution in [0.2, 0.25) is 0 Å². The van der Waals surface area contributed by atoms with Gasteiger partial charge in [0.05, 0.1) is 0 Å². The van der Waals surface area contributed by atoms with Crippen LogP contribution in [0.25, 0.3) is 0 Å². The van der Waals surface area contributed by atoms with E-state index in [1.807, 2.05) is 6.92 Å². The maximum Gasteiger partial charge on any atom is 0.161 e. The second-order valence-corrected chi connectivity index (χ2v) is 3.93. The fourth-order valence-electron chi connectivity index (χ4n) is 2.11. The first-order chi connectivity index (χ1) is 7.09. The van der Waals surface area contributed by atoms with Gasteiger partial charge in [-0.3, -0.25) is 0 Å². The molecule has 0 aliphatic carbocycles. The van der Waals surface area contributed by atoms with Crippen molar-refractivity contribution in [3.63, 3.8) is 0 Å². The van der Waals surface area contributed by atoms with E-state index in [1.54, 1.807) is 0 Å². The number of halogens is 3. The molecule has 1 N–H and O–H groups in total. The van der Waals surface area contributed by atoms with E-state index in [-0.39, 0.29) is 17.5 Å². The van der Waals surface area contributed by atoms with Gasteiger partial charge in [-0.2, -0.15) is 0 Å². The van der Waals surface area contributed by atoms with Gasteiger partial charge in [0.25, 0.3) is 0 Å². The molecule has 15 heavy (non-hydrogen) atoms. The Balaban J connectivity index is 2.39. The van der Waals surface area contributed by atoms with Gasteiger partial charge in [0.2, 0.25) is 0 Å². The summed E-state index contributed by atoms with van der Waals surface area (Å²) in [5.74, 6) is -2.84. The third-order valence-electron chi connectivity index (χ3n) is 2.96. The zero-order chi connectivity index (χ0) is 11.0. The highest BCUT2D eigenvalue weighted by atomic mass is 19.2. The zero-order valence-electron chi connectivity index (χ0n) is 8.36. The Morgan fingerprint density at radius 1 is 1.13 bits per heavy atom. The second-order valence-electron chi connectivity index (χ2n) is 3.93. The van der Waals surface area contributed by atoms with Crippen LogP contribution in [-0.2, 0) is 0 Å². The van der Waals surface area contributed by atoms with Crippen molar-refractivity contribution in [2.75, 3.05) is 6.54 Å². The summed E-state index contributed by atoms with van der Waals surface area (Å²) in [4.78, 5) is 0. The average molecular weight is 215 g/mol. The lowest BCUT2D eigenvalue weighted by atomic mass is 9.92. The molecule has 1 fully saturated rings. The van der Waals surface area contributed by atoms with Crippen LogP contribution in [0.4, 0.5) is 13.2 Å². The van der Waals surface area contributed by atoms with Crippen LogP contribution < -0.4 is 5.32 Å². The highest BCUT2D eigenvalue weighted by Gasteiger charge is 2.27. The third kappa shape index (κ3) is 1.86. The Bertz CT molecular complexity index is 378. The Hall–Kier alpha value is -1.03. The molecule has 82 valence electrons. The largest absolute Gasteiger partial charge is 0.314 e. The van der Waals surface area contributed by atoms with E-state index in [9.17, 15) is 13.2 Å². The molecule has 2 unspecified atom stereocenters. The van der Waals surface area contributed by atoms with Gasteiger partial charge in [0.15, 0.2) is 11.6 Å². The van der Waals surface area contributed by atoms with Gasteiger partial charge in [-0.25, -0.2) is 13.2 Å². The molecule has 1 nitrogen and oxygen atoms in total. The van der Waals surface area contributed by atoms with Crippen molar-refractivity contribution >= 4 is 0 Å². The minimum absolute atomic E-state index is 0.0694. The minimum atomic E-state index is -1.13. The molecule has 1 aliphatic rings. The van der Waals surface area contributed by atoms with Crippen molar-refractivity contribution in [3.8, 4) is 0 Å². The molecule has 1 aliphatic heterocycles. The molecule has 4 heteroatoms. The average Bonchev–Trinajstić information content (AvgIpc) is 2.58. The van der Waals surface area contributed by atoms with Crippen molar-refractivity contribution in [2.24, 2.45) is 0 Å². The molecular weight excluding hydrogens is 203 g/mol. The van der Waals surface area contributed by atoms with E-state index < -0.39 is 17.5 Å². The molecule has 0 saturated carbocycles. The van der Waals surface area contributed by atoms with Gasteiger partial charge in [0, 0.05) is 18.0 Å². The van der Waals surface area contributed by atoms with Crippen LogP contribution >= 0.6 is 0 Å². The van der Waals surface area contributed by atoms with E-state index in [1.165, 1.54) is 0 Å². The number of nitrogens with one attached hydrogen (secondary N) is 1. The summed E-state index contributed by atoms with van der Waals surface area (Å²) in [6.45, 7) is 2.70. The predicted octanol–water partition coefficient (Wildman–Crippen LogP) is 2.57. The molecule has 0 radical (unpaired) electrons. The zero-order valence-corrected chi connectivity index (χ0v) is 8.36. The van der Waals surface area contributed by atoms with Crippen LogP contribution in [0.1, 0.15) is 24.8 Å². The summed E-state index contributed by atoms with van der Waals surface area (Å²) in [5.41, 5.74) is 0.270. The molecule has 0 spiro atoms. The van der Waals surface area contributed by atoms with E-state index in [0.717, 1.165) is 19.0 Å². The Kier molecular flexibility index (Phi) is 2.69. The Labute approximate surface area is 86.3 Å². The summed E-state index contributed by atoms with van der Waals surface area (Å²) >= 11 is 0. The first-order valence-electron chi connectivity index (χ1n) is 4.97. The Morgan fingerprint density at radius 2 is 1.80 bits per heavy atom. The molecule has 1 saturated heterocycles. The molecule has 1 aromatic rings.